The predicted octanol–water partition coefficient (Wildman–Crippen LogP) is 1.57. The van der Waals surface area contributed by atoms with Gasteiger partial charge in [0.25, 0.3) is 0 Å². The van der Waals surface area contributed by atoms with E-state index in [2.05, 4.69) is 4.98 Å². The van der Waals surface area contributed by atoms with Crippen molar-refractivity contribution in [3.05, 3.63) is 42.6 Å². The summed E-state index contributed by atoms with van der Waals surface area (Å²) >= 11 is 0. The van der Waals surface area contributed by atoms with Crippen molar-refractivity contribution >= 4 is 0 Å². The van der Waals surface area contributed by atoms with Crippen molar-refractivity contribution in [3.8, 4) is 0 Å². The normalized spacial score (nSPS) is 12.2. The molecule has 0 unspecified atom stereocenters. The Morgan fingerprint density at radius 2 is 2.62 bits per heavy atom. The highest BCUT2D eigenvalue weighted by Gasteiger charge is 1.98. The average Bonchev–Trinajstić information content (AvgIpc) is 2.57. The van der Waals surface area contributed by atoms with Crippen LogP contribution in [-0.2, 0) is 11.2 Å². The minimum absolute atomic E-state index is 0.463. The summed E-state index contributed by atoms with van der Waals surface area (Å²) in [5.41, 5.74) is 6.18. The molecule has 0 bridgehead atoms. The minimum atomic E-state index is 0.463. The van der Waals surface area contributed by atoms with Gasteiger partial charge in [-0.25, -0.2) is 4.98 Å². The van der Waals surface area contributed by atoms with E-state index in [0.717, 1.165) is 0 Å². The number of ether oxygens (including phenoxy) is 1. The van der Waals surface area contributed by atoms with Crippen LogP contribution in [0.2, 0.25) is 0 Å². The maximum absolute atomic E-state index is 5.61. The lowest BCUT2D eigenvalue weighted by Crippen LogP contribution is -2.01. The molecule has 0 amide bonds. The van der Waals surface area contributed by atoms with Gasteiger partial charge in [0.1, 0.15) is 12.5 Å². The van der Waals surface area contributed by atoms with E-state index in [1.807, 2.05) is 6.92 Å². The summed E-state index contributed by atoms with van der Waals surface area (Å²) < 4.78 is 9.96. The van der Waals surface area contributed by atoms with Crippen LogP contribution < -0.4 is 5.73 Å². The third-order valence-electron chi connectivity index (χ3n) is 1.27. The van der Waals surface area contributed by atoms with Crippen LogP contribution >= 0.6 is 0 Å². The van der Waals surface area contributed by atoms with Crippen LogP contribution in [0.4, 0.5) is 0 Å². The van der Waals surface area contributed by atoms with Crippen molar-refractivity contribution in [2.24, 2.45) is 5.73 Å². The summed E-state index contributed by atoms with van der Waals surface area (Å²) in [6.45, 7) is 1.86. The van der Waals surface area contributed by atoms with Gasteiger partial charge in [0, 0.05) is 0 Å². The zero-order valence-corrected chi connectivity index (χ0v) is 7.43. The van der Waals surface area contributed by atoms with Gasteiger partial charge < -0.3 is 14.9 Å². The summed E-state index contributed by atoms with van der Waals surface area (Å²) in [5.74, 6) is 0.581. The molecule has 0 aliphatic rings. The second kappa shape index (κ2) is 5.03. The number of hydrogen-bond acceptors (Lipinski definition) is 4. The fraction of sp³-hybridized carbons (Fsp3) is 0.222. The summed E-state index contributed by atoms with van der Waals surface area (Å²) in [6.07, 6.45) is 8.33. The van der Waals surface area contributed by atoms with Crippen molar-refractivity contribution in [1.29, 1.82) is 0 Å². The summed E-state index contributed by atoms with van der Waals surface area (Å²) in [6, 6.07) is 0. The Bertz CT molecular complexity index is 289. The SMILES string of the molecule is C/C=C\O/C=C(\N)Cc1ncco1. The maximum Gasteiger partial charge on any atom is 0.199 e. The van der Waals surface area contributed by atoms with E-state index in [1.54, 1.807) is 18.5 Å². The predicted molar refractivity (Wildman–Crippen MR) is 48.4 cm³/mol. The fourth-order valence-corrected chi connectivity index (χ4v) is 0.762. The molecule has 1 heterocycles. The number of nitrogens with two attached hydrogens (primary N) is 1. The van der Waals surface area contributed by atoms with Crippen molar-refractivity contribution in [1.82, 2.24) is 4.98 Å². The Labute approximate surface area is 76.7 Å². The van der Waals surface area contributed by atoms with Gasteiger partial charge in [0.2, 0.25) is 0 Å². The lowest BCUT2D eigenvalue weighted by atomic mass is 10.3. The molecule has 0 aliphatic heterocycles. The zero-order chi connectivity index (χ0) is 9.52. The Hall–Kier alpha value is -1.71. The second-order valence-electron chi connectivity index (χ2n) is 2.40. The molecule has 1 aromatic rings. The minimum Gasteiger partial charge on any atom is -0.471 e. The highest BCUT2D eigenvalue weighted by molar-refractivity contribution is 5.01. The van der Waals surface area contributed by atoms with Gasteiger partial charge in [0.15, 0.2) is 5.89 Å². The second-order valence-corrected chi connectivity index (χ2v) is 2.40. The molecule has 2 N–H and O–H groups in total. The molecule has 0 fully saturated rings. The first-order chi connectivity index (χ1) is 6.33. The first-order valence-electron chi connectivity index (χ1n) is 3.92. The van der Waals surface area contributed by atoms with E-state index in [1.165, 1.54) is 12.5 Å². The fourth-order valence-electron chi connectivity index (χ4n) is 0.762. The van der Waals surface area contributed by atoms with Crippen molar-refractivity contribution in [3.63, 3.8) is 0 Å². The van der Waals surface area contributed by atoms with Crippen LogP contribution in [-0.4, -0.2) is 4.98 Å². The summed E-state index contributed by atoms with van der Waals surface area (Å²) in [4.78, 5) is 3.92. The van der Waals surface area contributed by atoms with Gasteiger partial charge in [-0.05, 0) is 6.92 Å². The van der Waals surface area contributed by atoms with E-state index in [-0.39, 0.29) is 0 Å². The van der Waals surface area contributed by atoms with Gasteiger partial charge >= 0.3 is 0 Å². The molecule has 70 valence electrons. The Kier molecular flexibility index (Phi) is 3.63. The molecule has 4 nitrogen and oxygen atoms in total. The zero-order valence-electron chi connectivity index (χ0n) is 7.43. The van der Waals surface area contributed by atoms with Crippen LogP contribution in [0.5, 0.6) is 0 Å². The highest BCUT2D eigenvalue weighted by atomic mass is 16.5. The lowest BCUT2D eigenvalue weighted by molar-refractivity contribution is 0.393. The first-order valence-corrected chi connectivity index (χ1v) is 3.92. The van der Waals surface area contributed by atoms with Gasteiger partial charge in [-0.3, -0.25) is 0 Å². The van der Waals surface area contributed by atoms with Crippen LogP contribution in [0.1, 0.15) is 12.8 Å². The molecule has 0 saturated carbocycles. The van der Waals surface area contributed by atoms with Crippen LogP contribution in [0.3, 0.4) is 0 Å². The number of rotatable bonds is 4. The van der Waals surface area contributed by atoms with E-state index in [0.29, 0.717) is 18.0 Å². The van der Waals surface area contributed by atoms with E-state index in [4.69, 9.17) is 14.9 Å². The standard InChI is InChI=1S/C9H12N2O2/c1-2-4-12-7-8(10)6-9-11-3-5-13-9/h2-5,7H,6,10H2,1H3/b4-2-,8-7-. The lowest BCUT2D eigenvalue weighted by Gasteiger charge is -1.96. The third kappa shape index (κ3) is 3.46. The Morgan fingerprint density at radius 1 is 1.77 bits per heavy atom. The van der Waals surface area contributed by atoms with E-state index >= 15 is 0 Å². The van der Waals surface area contributed by atoms with Gasteiger partial charge in [-0.2, -0.15) is 0 Å². The summed E-state index contributed by atoms with van der Waals surface area (Å²) in [7, 11) is 0. The summed E-state index contributed by atoms with van der Waals surface area (Å²) in [5, 5.41) is 0. The number of nitrogens with zero attached hydrogens (tertiary/aromatic N) is 1. The topological polar surface area (TPSA) is 61.3 Å². The quantitative estimate of drug-likeness (QED) is 0.714. The largest absolute Gasteiger partial charge is 0.471 e. The van der Waals surface area contributed by atoms with Crippen molar-refractivity contribution in [2.75, 3.05) is 0 Å². The maximum atomic E-state index is 5.61. The molecule has 1 rings (SSSR count). The Morgan fingerprint density at radius 3 is 3.23 bits per heavy atom. The van der Waals surface area contributed by atoms with Crippen LogP contribution in [0, 0.1) is 0 Å². The number of oxazole rings is 1. The highest BCUT2D eigenvalue weighted by Crippen LogP contribution is 2.00. The molecule has 4 heteroatoms. The molecule has 0 radical (unpaired) electrons. The van der Waals surface area contributed by atoms with Crippen LogP contribution in [0.25, 0.3) is 0 Å². The van der Waals surface area contributed by atoms with Crippen molar-refractivity contribution in [2.45, 2.75) is 13.3 Å². The molecule has 0 aliphatic carbocycles. The molecule has 0 aromatic carbocycles. The third-order valence-corrected chi connectivity index (χ3v) is 1.27. The number of hydrogen-bond donors (Lipinski definition) is 1. The molecule has 0 atom stereocenters. The van der Waals surface area contributed by atoms with Gasteiger partial charge in [-0.1, -0.05) is 6.08 Å². The first kappa shape index (κ1) is 9.38. The average molecular weight is 180 g/mol. The van der Waals surface area contributed by atoms with E-state index < -0.39 is 0 Å². The van der Waals surface area contributed by atoms with Crippen LogP contribution in [0.15, 0.2) is 41.2 Å². The van der Waals surface area contributed by atoms with E-state index in [9.17, 15) is 0 Å². The van der Waals surface area contributed by atoms with Crippen molar-refractivity contribution < 1.29 is 9.15 Å². The molecule has 0 spiro atoms. The molecule has 13 heavy (non-hydrogen) atoms. The molecular weight excluding hydrogens is 168 g/mol. The number of allylic oxidation sites excluding steroid dienone is 2. The monoisotopic (exact) mass is 180 g/mol. The van der Waals surface area contributed by atoms with Gasteiger partial charge in [-0.15, -0.1) is 0 Å². The molecule has 1 aromatic heterocycles. The molecular formula is C9H12N2O2. The number of aromatic nitrogens is 1. The van der Waals surface area contributed by atoms with Gasteiger partial charge in [0.05, 0.1) is 24.6 Å². The molecule has 0 saturated heterocycles. The Balaban J connectivity index is 2.40. The smallest absolute Gasteiger partial charge is 0.199 e.